The topological polar surface area (TPSA) is 84.9 Å². The molecule has 0 radical (unpaired) electrons. The van der Waals surface area contributed by atoms with Crippen molar-refractivity contribution in [2.24, 2.45) is 5.92 Å². The number of carbonyl (C=O) groups is 3. The third kappa shape index (κ3) is 4.77. The molecule has 3 rings (SSSR count). The number of anilines is 2. The maximum atomic E-state index is 13.2. The van der Waals surface area contributed by atoms with Gasteiger partial charge in [0.25, 0.3) is 0 Å². The highest BCUT2D eigenvalue weighted by atomic mass is 16.5. The van der Waals surface area contributed by atoms with Crippen LogP contribution in [-0.2, 0) is 19.1 Å². The smallest absolute Gasteiger partial charge is 0.336 e. The van der Waals surface area contributed by atoms with Gasteiger partial charge in [0.15, 0.2) is 0 Å². The largest absolute Gasteiger partial charge is 0.492 e. The molecule has 1 N–H and O–H groups in total. The Labute approximate surface area is 181 Å². The third-order valence-corrected chi connectivity index (χ3v) is 4.97. The molecule has 0 bridgehead atoms. The van der Waals surface area contributed by atoms with E-state index in [1.54, 1.807) is 50.2 Å². The molecular weight excluding hydrogens is 396 g/mol. The Morgan fingerprint density at radius 1 is 1.03 bits per heavy atom. The number of nitrogens with zero attached hydrogens (tertiary/aromatic N) is 1. The van der Waals surface area contributed by atoms with Crippen molar-refractivity contribution in [2.45, 2.75) is 27.2 Å². The van der Waals surface area contributed by atoms with Crippen LogP contribution in [0.1, 0.15) is 27.2 Å². The van der Waals surface area contributed by atoms with E-state index in [9.17, 15) is 14.4 Å². The second kappa shape index (κ2) is 9.93. The van der Waals surface area contributed by atoms with Gasteiger partial charge in [-0.1, -0.05) is 30.3 Å². The van der Waals surface area contributed by atoms with Gasteiger partial charge >= 0.3 is 5.97 Å². The summed E-state index contributed by atoms with van der Waals surface area (Å²) < 4.78 is 10.8. The molecule has 1 aliphatic rings. The molecule has 31 heavy (non-hydrogen) atoms. The van der Waals surface area contributed by atoms with Crippen LogP contribution in [0.3, 0.4) is 0 Å². The van der Waals surface area contributed by atoms with E-state index in [-0.39, 0.29) is 24.5 Å². The standard InChI is InChI=1S/C24H26N2O5/c1-4-30-20-14-10-9-13-19(20)25-23(28)18-15-21(27)26(17-11-7-6-8-12-17)16(3)22(18)24(29)31-5-2/h6-14,18H,4-5,15H2,1-3H3,(H,25,28)/t18-/m1/s1. The molecule has 0 aromatic heterocycles. The Kier molecular flexibility index (Phi) is 7.07. The fourth-order valence-electron chi connectivity index (χ4n) is 3.64. The number of para-hydroxylation sites is 3. The summed E-state index contributed by atoms with van der Waals surface area (Å²) in [6.07, 6.45) is -0.150. The molecule has 0 saturated heterocycles. The van der Waals surface area contributed by atoms with Gasteiger partial charge in [-0.3, -0.25) is 14.5 Å². The number of allylic oxidation sites excluding steroid dienone is 1. The number of esters is 1. The van der Waals surface area contributed by atoms with Crippen molar-refractivity contribution >= 4 is 29.2 Å². The normalized spacial score (nSPS) is 16.2. The lowest BCUT2D eigenvalue weighted by molar-refractivity contribution is -0.141. The molecule has 0 saturated carbocycles. The zero-order valence-corrected chi connectivity index (χ0v) is 17.9. The van der Waals surface area contributed by atoms with Crippen molar-refractivity contribution in [2.75, 3.05) is 23.4 Å². The molecule has 1 atom stereocenters. The fraction of sp³-hybridized carbons (Fsp3) is 0.292. The molecule has 2 amide bonds. The summed E-state index contributed by atoms with van der Waals surface area (Å²) in [5.74, 6) is -1.79. The number of carbonyl (C=O) groups excluding carboxylic acids is 3. The molecule has 7 heteroatoms. The minimum atomic E-state index is -0.971. The average molecular weight is 422 g/mol. The summed E-state index contributed by atoms with van der Waals surface area (Å²) in [5, 5.41) is 2.81. The van der Waals surface area contributed by atoms with E-state index in [1.165, 1.54) is 4.90 Å². The SMILES string of the molecule is CCOC(=O)C1=C(C)N(c2ccccc2)C(=O)C[C@H]1C(=O)Nc1ccccc1OCC. The lowest BCUT2D eigenvalue weighted by Gasteiger charge is -2.33. The van der Waals surface area contributed by atoms with E-state index in [1.807, 2.05) is 25.1 Å². The number of rotatable bonds is 7. The number of nitrogens with one attached hydrogen (secondary N) is 1. The maximum Gasteiger partial charge on any atom is 0.336 e. The number of benzene rings is 2. The van der Waals surface area contributed by atoms with Gasteiger partial charge in [-0.25, -0.2) is 4.79 Å². The van der Waals surface area contributed by atoms with Crippen LogP contribution in [0, 0.1) is 5.92 Å². The van der Waals surface area contributed by atoms with Gasteiger partial charge in [-0.2, -0.15) is 0 Å². The van der Waals surface area contributed by atoms with Gasteiger partial charge < -0.3 is 14.8 Å². The average Bonchev–Trinajstić information content (AvgIpc) is 2.75. The summed E-state index contributed by atoms with van der Waals surface area (Å²) in [5.41, 5.74) is 1.68. The van der Waals surface area contributed by atoms with Crippen LogP contribution >= 0.6 is 0 Å². The minimum absolute atomic E-state index is 0.150. The Morgan fingerprint density at radius 2 is 1.71 bits per heavy atom. The predicted molar refractivity (Wildman–Crippen MR) is 118 cm³/mol. The van der Waals surface area contributed by atoms with Crippen molar-refractivity contribution in [3.05, 3.63) is 65.9 Å². The van der Waals surface area contributed by atoms with Crippen LogP contribution < -0.4 is 15.0 Å². The first-order valence-electron chi connectivity index (χ1n) is 10.3. The fourth-order valence-corrected chi connectivity index (χ4v) is 3.64. The van der Waals surface area contributed by atoms with Gasteiger partial charge in [0.05, 0.1) is 30.4 Å². The van der Waals surface area contributed by atoms with Crippen LogP contribution in [0.4, 0.5) is 11.4 Å². The van der Waals surface area contributed by atoms with Crippen molar-refractivity contribution in [1.82, 2.24) is 0 Å². The molecule has 0 spiro atoms. The van der Waals surface area contributed by atoms with Crippen LogP contribution in [-0.4, -0.2) is 31.0 Å². The maximum absolute atomic E-state index is 13.2. The zero-order chi connectivity index (χ0) is 22.4. The van der Waals surface area contributed by atoms with Crippen LogP contribution in [0.25, 0.3) is 0 Å². The summed E-state index contributed by atoms with van der Waals surface area (Å²) in [6, 6.07) is 16.1. The first-order valence-corrected chi connectivity index (χ1v) is 10.3. The minimum Gasteiger partial charge on any atom is -0.492 e. The van der Waals surface area contributed by atoms with Crippen molar-refractivity contribution < 1.29 is 23.9 Å². The highest BCUT2D eigenvalue weighted by Gasteiger charge is 2.40. The molecule has 0 fully saturated rings. The monoisotopic (exact) mass is 422 g/mol. The molecule has 2 aromatic rings. The molecular formula is C24H26N2O5. The second-order valence-corrected chi connectivity index (χ2v) is 6.96. The van der Waals surface area contributed by atoms with Crippen molar-refractivity contribution in [3.8, 4) is 5.75 Å². The molecule has 0 aliphatic carbocycles. The number of hydrogen-bond donors (Lipinski definition) is 1. The number of hydrogen-bond acceptors (Lipinski definition) is 5. The van der Waals surface area contributed by atoms with Crippen molar-refractivity contribution in [3.63, 3.8) is 0 Å². The molecule has 1 heterocycles. The molecule has 1 aliphatic heterocycles. The summed E-state index contributed by atoms with van der Waals surface area (Å²) in [7, 11) is 0. The lowest BCUT2D eigenvalue weighted by Crippen LogP contribution is -2.43. The first kappa shape index (κ1) is 22.1. The Balaban J connectivity index is 1.99. The van der Waals surface area contributed by atoms with E-state index in [4.69, 9.17) is 9.47 Å². The predicted octanol–water partition coefficient (Wildman–Crippen LogP) is 3.91. The second-order valence-electron chi connectivity index (χ2n) is 6.96. The number of amides is 2. The van der Waals surface area contributed by atoms with E-state index >= 15 is 0 Å². The van der Waals surface area contributed by atoms with Gasteiger partial charge in [0, 0.05) is 17.8 Å². The van der Waals surface area contributed by atoms with E-state index in [0.29, 0.717) is 29.4 Å². The highest BCUT2D eigenvalue weighted by Crippen LogP contribution is 2.35. The Hall–Kier alpha value is -3.61. The lowest BCUT2D eigenvalue weighted by atomic mass is 9.88. The summed E-state index contributed by atoms with van der Waals surface area (Å²) >= 11 is 0. The van der Waals surface area contributed by atoms with Crippen LogP contribution in [0.15, 0.2) is 65.9 Å². The highest BCUT2D eigenvalue weighted by molar-refractivity contribution is 6.10. The van der Waals surface area contributed by atoms with Crippen molar-refractivity contribution in [1.29, 1.82) is 0 Å². The van der Waals surface area contributed by atoms with Gasteiger partial charge in [-0.05, 0) is 45.0 Å². The molecule has 2 aromatic carbocycles. The van der Waals surface area contributed by atoms with Gasteiger partial charge in [-0.15, -0.1) is 0 Å². The summed E-state index contributed by atoms with van der Waals surface area (Å²) in [4.78, 5) is 40.5. The quantitative estimate of drug-likeness (QED) is 0.684. The molecule has 162 valence electrons. The van der Waals surface area contributed by atoms with E-state index < -0.39 is 17.8 Å². The summed E-state index contributed by atoms with van der Waals surface area (Å²) in [6.45, 7) is 5.81. The Morgan fingerprint density at radius 3 is 2.39 bits per heavy atom. The molecule has 7 nitrogen and oxygen atoms in total. The van der Waals surface area contributed by atoms with E-state index in [2.05, 4.69) is 5.32 Å². The third-order valence-electron chi connectivity index (χ3n) is 4.97. The van der Waals surface area contributed by atoms with Gasteiger partial charge in [0.1, 0.15) is 5.75 Å². The number of ether oxygens (including phenoxy) is 2. The molecule has 0 unspecified atom stereocenters. The first-order chi connectivity index (χ1) is 15.0. The van der Waals surface area contributed by atoms with Gasteiger partial charge in [0.2, 0.25) is 11.8 Å². The van der Waals surface area contributed by atoms with Crippen LogP contribution in [0.5, 0.6) is 5.75 Å². The van der Waals surface area contributed by atoms with Crippen LogP contribution in [0.2, 0.25) is 0 Å². The Bertz CT molecular complexity index is 1000. The zero-order valence-electron chi connectivity index (χ0n) is 17.9. The van der Waals surface area contributed by atoms with E-state index in [0.717, 1.165) is 0 Å².